The van der Waals surface area contributed by atoms with Gasteiger partial charge in [-0.25, -0.2) is 0 Å². The molecule has 0 radical (unpaired) electrons. The molecule has 0 saturated carbocycles. The van der Waals surface area contributed by atoms with Crippen LogP contribution < -0.4 is 5.32 Å². The first kappa shape index (κ1) is 10.0. The summed E-state index contributed by atoms with van der Waals surface area (Å²) in [4.78, 5) is 0. The van der Waals surface area contributed by atoms with Gasteiger partial charge in [-0.15, -0.1) is 0 Å². The normalized spacial score (nSPS) is 31.0. The van der Waals surface area contributed by atoms with Crippen LogP contribution >= 0.6 is 0 Å². The summed E-state index contributed by atoms with van der Waals surface area (Å²) in [7, 11) is 1.83. The van der Waals surface area contributed by atoms with Crippen molar-refractivity contribution < 1.29 is 4.74 Å². The molecule has 72 valence electrons. The zero-order chi connectivity index (χ0) is 9.24. The molecular weight excluding hydrogens is 150 g/mol. The minimum Gasteiger partial charge on any atom is -0.377 e. The van der Waals surface area contributed by atoms with E-state index in [4.69, 9.17) is 4.74 Å². The Morgan fingerprint density at radius 3 is 2.42 bits per heavy atom. The van der Waals surface area contributed by atoms with Crippen LogP contribution in [0, 0.1) is 5.41 Å². The lowest BCUT2D eigenvalue weighted by Gasteiger charge is -2.33. The van der Waals surface area contributed by atoms with E-state index >= 15 is 0 Å². The van der Waals surface area contributed by atoms with Crippen LogP contribution in [-0.2, 0) is 4.74 Å². The average Bonchev–Trinajstić information content (AvgIpc) is 2.34. The van der Waals surface area contributed by atoms with Crippen LogP contribution in [0.3, 0.4) is 0 Å². The Kier molecular flexibility index (Phi) is 2.79. The van der Waals surface area contributed by atoms with Crippen molar-refractivity contribution in [3.63, 3.8) is 0 Å². The van der Waals surface area contributed by atoms with E-state index < -0.39 is 0 Å². The SMILES string of the molecule is COC1(CC(C)(C)C)CCNC1. The highest BCUT2D eigenvalue weighted by atomic mass is 16.5. The molecule has 0 aromatic heterocycles. The molecule has 1 heterocycles. The molecule has 0 spiro atoms. The third-order valence-electron chi connectivity index (χ3n) is 2.49. The van der Waals surface area contributed by atoms with Crippen molar-refractivity contribution in [3.8, 4) is 0 Å². The molecular formula is C10H21NO. The summed E-state index contributed by atoms with van der Waals surface area (Å²) in [5, 5.41) is 3.36. The second-order valence-corrected chi connectivity index (χ2v) is 5.05. The van der Waals surface area contributed by atoms with Crippen molar-refractivity contribution in [1.82, 2.24) is 5.32 Å². The van der Waals surface area contributed by atoms with Gasteiger partial charge in [-0.05, 0) is 24.8 Å². The maximum Gasteiger partial charge on any atom is 0.0819 e. The molecule has 1 aliphatic rings. The molecule has 0 aromatic carbocycles. The van der Waals surface area contributed by atoms with Gasteiger partial charge in [-0.3, -0.25) is 0 Å². The van der Waals surface area contributed by atoms with Crippen molar-refractivity contribution >= 4 is 0 Å². The van der Waals surface area contributed by atoms with Crippen LogP contribution in [0.2, 0.25) is 0 Å². The second kappa shape index (κ2) is 3.35. The molecule has 0 amide bonds. The molecule has 1 aliphatic heterocycles. The fourth-order valence-corrected chi connectivity index (χ4v) is 2.08. The van der Waals surface area contributed by atoms with Crippen LogP contribution in [0.5, 0.6) is 0 Å². The molecule has 1 unspecified atom stereocenters. The first-order chi connectivity index (χ1) is 5.47. The molecule has 1 atom stereocenters. The molecule has 1 N–H and O–H groups in total. The zero-order valence-electron chi connectivity index (χ0n) is 8.74. The van der Waals surface area contributed by atoms with Crippen molar-refractivity contribution in [3.05, 3.63) is 0 Å². The van der Waals surface area contributed by atoms with E-state index in [-0.39, 0.29) is 5.60 Å². The Hall–Kier alpha value is -0.0800. The summed E-state index contributed by atoms with van der Waals surface area (Å²) in [5.74, 6) is 0. The van der Waals surface area contributed by atoms with Gasteiger partial charge in [0.05, 0.1) is 5.60 Å². The van der Waals surface area contributed by atoms with E-state index in [0.29, 0.717) is 5.41 Å². The summed E-state index contributed by atoms with van der Waals surface area (Å²) in [6.45, 7) is 8.93. The molecule has 2 heteroatoms. The number of hydrogen-bond acceptors (Lipinski definition) is 2. The van der Waals surface area contributed by atoms with Crippen molar-refractivity contribution in [2.45, 2.75) is 39.2 Å². The Morgan fingerprint density at radius 1 is 1.42 bits per heavy atom. The smallest absolute Gasteiger partial charge is 0.0819 e. The van der Waals surface area contributed by atoms with Crippen molar-refractivity contribution in [1.29, 1.82) is 0 Å². The van der Waals surface area contributed by atoms with Gasteiger partial charge < -0.3 is 10.1 Å². The predicted octanol–water partition coefficient (Wildman–Crippen LogP) is 1.80. The fourth-order valence-electron chi connectivity index (χ4n) is 2.08. The summed E-state index contributed by atoms with van der Waals surface area (Å²) in [6, 6.07) is 0. The van der Waals surface area contributed by atoms with Crippen LogP contribution in [-0.4, -0.2) is 25.8 Å². The fraction of sp³-hybridized carbons (Fsp3) is 1.00. The van der Waals surface area contributed by atoms with Gasteiger partial charge in [0.1, 0.15) is 0 Å². The molecule has 1 saturated heterocycles. The Balaban J connectivity index is 2.55. The lowest BCUT2D eigenvalue weighted by Crippen LogP contribution is -2.37. The molecule has 12 heavy (non-hydrogen) atoms. The highest BCUT2D eigenvalue weighted by Crippen LogP contribution is 2.33. The van der Waals surface area contributed by atoms with Crippen LogP contribution in [0.4, 0.5) is 0 Å². The van der Waals surface area contributed by atoms with E-state index in [2.05, 4.69) is 26.1 Å². The summed E-state index contributed by atoms with van der Waals surface area (Å²) < 4.78 is 5.61. The first-order valence-electron chi connectivity index (χ1n) is 4.73. The number of hydrogen-bond donors (Lipinski definition) is 1. The van der Waals surface area contributed by atoms with Gasteiger partial charge in [-0.1, -0.05) is 20.8 Å². The summed E-state index contributed by atoms with van der Waals surface area (Å²) in [6.07, 6.45) is 2.30. The number of methoxy groups -OCH3 is 1. The third kappa shape index (κ3) is 2.46. The van der Waals surface area contributed by atoms with E-state index in [1.165, 1.54) is 0 Å². The average molecular weight is 171 g/mol. The topological polar surface area (TPSA) is 21.3 Å². The Bertz CT molecular complexity index is 142. The third-order valence-corrected chi connectivity index (χ3v) is 2.49. The van der Waals surface area contributed by atoms with Gasteiger partial charge in [0, 0.05) is 13.7 Å². The monoisotopic (exact) mass is 171 g/mol. The quantitative estimate of drug-likeness (QED) is 0.684. The van der Waals surface area contributed by atoms with Crippen LogP contribution in [0.25, 0.3) is 0 Å². The molecule has 0 bridgehead atoms. The lowest BCUT2D eigenvalue weighted by atomic mass is 9.81. The van der Waals surface area contributed by atoms with Gasteiger partial charge in [-0.2, -0.15) is 0 Å². The van der Waals surface area contributed by atoms with Gasteiger partial charge in [0.25, 0.3) is 0 Å². The minimum atomic E-state index is 0.109. The highest BCUT2D eigenvalue weighted by molar-refractivity contribution is 4.92. The minimum absolute atomic E-state index is 0.109. The van der Waals surface area contributed by atoms with Crippen LogP contribution in [0.1, 0.15) is 33.6 Å². The number of nitrogens with one attached hydrogen (secondary N) is 1. The number of rotatable bonds is 2. The van der Waals surface area contributed by atoms with Crippen molar-refractivity contribution in [2.75, 3.05) is 20.2 Å². The molecule has 0 aliphatic carbocycles. The van der Waals surface area contributed by atoms with E-state index in [0.717, 1.165) is 25.9 Å². The van der Waals surface area contributed by atoms with E-state index in [1.54, 1.807) is 0 Å². The molecule has 1 fully saturated rings. The largest absolute Gasteiger partial charge is 0.377 e. The van der Waals surface area contributed by atoms with Gasteiger partial charge >= 0.3 is 0 Å². The van der Waals surface area contributed by atoms with Gasteiger partial charge in [0.2, 0.25) is 0 Å². The Morgan fingerprint density at radius 2 is 2.08 bits per heavy atom. The zero-order valence-corrected chi connectivity index (χ0v) is 8.74. The standard InChI is InChI=1S/C10H21NO/c1-9(2,3)7-10(12-4)5-6-11-8-10/h11H,5-8H2,1-4H3. The van der Waals surface area contributed by atoms with Crippen LogP contribution in [0.15, 0.2) is 0 Å². The van der Waals surface area contributed by atoms with E-state index in [9.17, 15) is 0 Å². The predicted molar refractivity (Wildman–Crippen MR) is 51.3 cm³/mol. The maximum absolute atomic E-state index is 5.61. The molecule has 2 nitrogen and oxygen atoms in total. The molecule has 1 rings (SSSR count). The summed E-state index contributed by atoms with van der Waals surface area (Å²) in [5.41, 5.74) is 0.472. The highest BCUT2D eigenvalue weighted by Gasteiger charge is 2.37. The first-order valence-corrected chi connectivity index (χ1v) is 4.73. The second-order valence-electron chi connectivity index (χ2n) is 5.05. The summed E-state index contributed by atoms with van der Waals surface area (Å²) >= 11 is 0. The Labute approximate surface area is 75.7 Å². The van der Waals surface area contributed by atoms with Crippen molar-refractivity contribution in [2.24, 2.45) is 5.41 Å². The van der Waals surface area contributed by atoms with Gasteiger partial charge in [0.15, 0.2) is 0 Å². The maximum atomic E-state index is 5.61. The number of ether oxygens (including phenoxy) is 1. The van der Waals surface area contributed by atoms with E-state index in [1.807, 2.05) is 7.11 Å². The lowest BCUT2D eigenvalue weighted by molar-refractivity contribution is -0.0235. The molecule has 0 aromatic rings.